The van der Waals surface area contributed by atoms with Gasteiger partial charge in [-0.3, -0.25) is 4.99 Å². The topological polar surface area (TPSA) is 41.8 Å². The van der Waals surface area contributed by atoms with Gasteiger partial charge in [-0.05, 0) is 30.5 Å². The van der Waals surface area contributed by atoms with Gasteiger partial charge in [0.05, 0.1) is 12.3 Å². The first-order chi connectivity index (χ1) is 7.80. The van der Waals surface area contributed by atoms with Crippen molar-refractivity contribution >= 4 is 6.72 Å². The molecule has 0 spiro atoms. The van der Waals surface area contributed by atoms with Gasteiger partial charge in [0.2, 0.25) is 0 Å². The molecule has 0 radical (unpaired) electrons. The van der Waals surface area contributed by atoms with Crippen LogP contribution in [0.2, 0.25) is 0 Å². The van der Waals surface area contributed by atoms with Crippen LogP contribution >= 0.6 is 0 Å². The van der Waals surface area contributed by atoms with Crippen molar-refractivity contribution in [3.63, 3.8) is 0 Å². The van der Waals surface area contributed by atoms with E-state index in [2.05, 4.69) is 18.3 Å². The second kappa shape index (κ2) is 6.58. The van der Waals surface area contributed by atoms with Crippen molar-refractivity contribution < 1.29 is 9.84 Å². The minimum Gasteiger partial charge on any atom is -0.487 e. The monoisotopic (exact) mass is 217 g/mol. The summed E-state index contributed by atoms with van der Waals surface area (Å²) in [5, 5.41) is 8.87. The summed E-state index contributed by atoms with van der Waals surface area (Å²) in [5.41, 5.74) is 1.58. The minimum atomic E-state index is 0.0378. The Morgan fingerprint density at radius 1 is 1.38 bits per heavy atom. The second-order valence-corrected chi connectivity index (χ2v) is 3.14. The molecular weight excluding hydrogens is 202 g/mol. The molecule has 0 saturated heterocycles. The summed E-state index contributed by atoms with van der Waals surface area (Å²) in [5.74, 6) is 0.732. The van der Waals surface area contributed by atoms with Crippen LogP contribution in [0.25, 0.3) is 0 Å². The molecule has 0 aliphatic heterocycles. The quantitative estimate of drug-likeness (QED) is 0.587. The molecule has 1 rings (SSSR count). The van der Waals surface area contributed by atoms with Gasteiger partial charge in [-0.25, -0.2) is 0 Å². The molecule has 0 amide bonds. The summed E-state index contributed by atoms with van der Waals surface area (Å²) >= 11 is 0. The van der Waals surface area contributed by atoms with E-state index in [1.807, 2.05) is 12.1 Å². The molecule has 0 fully saturated rings. The van der Waals surface area contributed by atoms with Crippen LogP contribution in [-0.4, -0.2) is 18.4 Å². The lowest BCUT2D eigenvalue weighted by molar-refractivity contribution is 0.281. The first-order valence-electron chi connectivity index (χ1n) is 4.91. The van der Waals surface area contributed by atoms with Gasteiger partial charge in [-0.1, -0.05) is 24.8 Å². The van der Waals surface area contributed by atoms with Crippen molar-refractivity contribution in [1.82, 2.24) is 0 Å². The number of aliphatic hydroxyl groups is 1. The third-order valence-corrected chi connectivity index (χ3v) is 2.01. The van der Waals surface area contributed by atoms with E-state index in [1.165, 1.54) is 0 Å². The Bertz CT molecular complexity index is 379. The summed E-state index contributed by atoms with van der Waals surface area (Å²) in [6.45, 7) is 7.41. The molecule has 1 N–H and O–H groups in total. The Labute approximate surface area is 95.4 Å². The SMILES string of the molecule is C=C/C=C(/COc1ccc(CO)cc1)N=C. The zero-order chi connectivity index (χ0) is 11.8. The largest absolute Gasteiger partial charge is 0.487 e. The first kappa shape index (κ1) is 12.2. The Kier molecular flexibility index (Phi) is 5.02. The van der Waals surface area contributed by atoms with E-state index in [0.29, 0.717) is 6.61 Å². The van der Waals surface area contributed by atoms with Crippen molar-refractivity contribution in [3.05, 3.63) is 54.3 Å². The average Bonchev–Trinajstić information content (AvgIpc) is 2.35. The van der Waals surface area contributed by atoms with Crippen LogP contribution < -0.4 is 4.74 Å². The van der Waals surface area contributed by atoms with Crippen molar-refractivity contribution in [1.29, 1.82) is 0 Å². The van der Waals surface area contributed by atoms with Gasteiger partial charge in [0.15, 0.2) is 0 Å². The molecule has 84 valence electrons. The van der Waals surface area contributed by atoms with Gasteiger partial charge >= 0.3 is 0 Å². The molecule has 0 aliphatic rings. The van der Waals surface area contributed by atoms with E-state index in [4.69, 9.17) is 9.84 Å². The lowest BCUT2D eigenvalue weighted by Crippen LogP contribution is -1.99. The van der Waals surface area contributed by atoms with Crippen LogP contribution in [0.5, 0.6) is 5.75 Å². The smallest absolute Gasteiger partial charge is 0.130 e. The lowest BCUT2D eigenvalue weighted by atomic mass is 10.2. The van der Waals surface area contributed by atoms with E-state index < -0.39 is 0 Å². The van der Waals surface area contributed by atoms with Gasteiger partial charge in [-0.15, -0.1) is 0 Å². The molecular formula is C13H15NO2. The van der Waals surface area contributed by atoms with E-state index in [9.17, 15) is 0 Å². The predicted octanol–water partition coefficient (Wildman–Crippen LogP) is 2.33. The number of hydrogen-bond donors (Lipinski definition) is 1. The van der Waals surface area contributed by atoms with Crippen molar-refractivity contribution in [2.45, 2.75) is 6.61 Å². The highest BCUT2D eigenvalue weighted by Gasteiger charge is 1.96. The molecule has 1 aromatic carbocycles. The fourth-order valence-corrected chi connectivity index (χ4v) is 1.13. The second-order valence-electron chi connectivity index (χ2n) is 3.14. The zero-order valence-corrected chi connectivity index (χ0v) is 9.10. The Hall–Kier alpha value is -1.87. The van der Waals surface area contributed by atoms with Gasteiger partial charge in [-0.2, -0.15) is 0 Å². The maximum atomic E-state index is 8.87. The highest BCUT2D eigenvalue weighted by molar-refractivity contribution is 5.31. The fraction of sp³-hybridized carbons (Fsp3) is 0.154. The molecule has 0 saturated carbocycles. The fourth-order valence-electron chi connectivity index (χ4n) is 1.13. The molecule has 0 heterocycles. The normalized spacial score (nSPS) is 10.9. The van der Waals surface area contributed by atoms with Crippen LogP contribution in [0.15, 0.2) is 53.7 Å². The van der Waals surface area contributed by atoms with Crippen molar-refractivity contribution in [3.8, 4) is 5.75 Å². The van der Waals surface area contributed by atoms with E-state index in [-0.39, 0.29) is 6.61 Å². The highest BCUT2D eigenvalue weighted by atomic mass is 16.5. The zero-order valence-electron chi connectivity index (χ0n) is 9.10. The van der Waals surface area contributed by atoms with Gasteiger partial charge < -0.3 is 9.84 Å². The van der Waals surface area contributed by atoms with Crippen LogP contribution in [0.4, 0.5) is 0 Å². The van der Waals surface area contributed by atoms with Crippen LogP contribution in [0, 0.1) is 0 Å². The summed E-state index contributed by atoms with van der Waals surface area (Å²) in [4.78, 5) is 3.80. The van der Waals surface area contributed by atoms with E-state index in [1.54, 1.807) is 24.3 Å². The first-order valence-corrected chi connectivity index (χ1v) is 4.91. The van der Waals surface area contributed by atoms with Crippen molar-refractivity contribution in [2.24, 2.45) is 4.99 Å². The lowest BCUT2D eigenvalue weighted by Gasteiger charge is -2.06. The number of aliphatic hydroxyl groups excluding tert-OH is 1. The summed E-state index contributed by atoms with van der Waals surface area (Å²) in [6.07, 6.45) is 3.39. The molecule has 3 nitrogen and oxygen atoms in total. The average molecular weight is 217 g/mol. The summed E-state index contributed by atoms with van der Waals surface area (Å²) < 4.78 is 5.48. The summed E-state index contributed by atoms with van der Waals surface area (Å²) in [6, 6.07) is 7.24. The molecule has 0 aromatic heterocycles. The Morgan fingerprint density at radius 3 is 2.56 bits per heavy atom. The number of ether oxygens (including phenoxy) is 1. The molecule has 16 heavy (non-hydrogen) atoms. The maximum absolute atomic E-state index is 8.87. The molecule has 1 aromatic rings. The minimum absolute atomic E-state index is 0.0378. The molecule has 0 unspecified atom stereocenters. The van der Waals surface area contributed by atoms with Crippen LogP contribution in [-0.2, 0) is 6.61 Å². The van der Waals surface area contributed by atoms with Gasteiger partial charge in [0.25, 0.3) is 0 Å². The number of rotatable bonds is 6. The number of hydrogen-bond acceptors (Lipinski definition) is 3. The highest BCUT2D eigenvalue weighted by Crippen LogP contribution is 2.13. The predicted molar refractivity (Wildman–Crippen MR) is 65.7 cm³/mol. The van der Waals surface area contributed by atoms with E-state index >= 15 is 0 Å². The number of nitrogens with zero attached hydrogens (tertiary/aromatic N) is 1. The van der Waals surface area contributed by atoms with Crippen LogP contribution in [0.3, 0.4) is 0 Å². The number of aliphatic imine (C=N–C) groups is 1. The number of benzene rings is 1. The van der Waals surface area contributed by atoms with Crippen molar-refractivity contribution in [2.75, 3.05) is 6.61 Å². The number of allylic oxidation sites excluding steroid dienone is 2. The van der Waals surface area contributed by atoms with E-state index in [0.717, 1.165) is 17.0 Å². The van der Waals surface area contributed by atoms with Gasteiger partial charge in [0, 0.05) is 0 Å². The molecule has 3 heteroatoms. The Balaban J connectivity index is 2.56. The summed E-state index contributed by atoms with van der Waals surface area (Å²) in [7, 11) is 0. The molecule has 0 bridgehead atoms. The van der Waals surface area contributed by atoms with Gasteiger partial charge in [0.1, 0.15) is 12.4 Å². The third-order valence-electron chi connectivity index (χ3n) is 2.01. The maximum Gasteiger partial charge on any atom is 0.130 e. The third kappa shape index (κ3) is 3.71. The molecule has 0 atom stereocenters. The standard InChI is InChI=1S/C13H15NO2/c1-3-4-12(14-2)10-16-13-7-5-11(9-15)6-8-13/h3-8,15H,1-2,9-10H2/b12-4-. The Morgan fingerprint density at radius 2 is 2.06 bits per heavy atom. The van der Waals surface area contributed by atoms with Crippen LogP contribution in [0.1, 0.15) is 5.56 Å². The molecule has 0 aliphatic carbocycles.